The Morgan fingerprint density at radius 1 is 1.22 bits per heavy atom. The smallest absolute Gasteiger partial charge is 0.227 e. The number of amides is 1. The van der Waals surface area contributed by atoms with E-state index >= 15 is 0 Å². The van der Waals surface area contributed by atoms with Crippen molar-refractivity contribution in [2.75, 3.05) is 0 Å². The number of rotatable bonds is 0. The lowest BCUT2D eigenvalue weighted by atomic mass is 9.43. The van der Waals surface area contributed by atoms with Crippen molar-refractivity contribution in [3.05, 3.63) is 0 Å². The lowest BCUT2D eigenvalue weighted by molar-refractivity contribution is -0.210. The summed E-state index contributed by atoms with van der Waals surface area (Å²) in [6.07, 6.45) is 3.40. The molecule has 2 aliphatic heterocycles. The maximum absolute atomic E-state index is 12.3. The summed E-state index contributed by atoms with van der Waals surface area (Å²) >= 11 is 0. The fraction of sp³-hybridized carbons (Fsp3) is 0.933. The second kappa shape index (κ2) is 2.95. The van der Waals surface area contributed by atoms with E-state index in [1.54, 1.807) is 0 Å². The molecular formula is C15H23NO2. The van der Waals surface area contributed by atoms with Crippen molar-refractivity contribution >= 4 is 5.91 Å². The predicted octanol–water partition coefficient (Wildman–Crippen LogP) is 2.40. The average Bonchev–Trinajstić information content (AvgIpc) is 2.71. The van der Waals surface area contributed by atoms with Crippen molar-refractivity contribution in [1.82, 2.24) is 4.90 Å². The highest BCUT2D eigenvalue weighted by Crippen LogP contribution is 2.67. The normalized spacial score (nSPS) is 56.1. The number of carbonyl (C=O) groups is 1. The molecule has 3 nitrogen and oxygen atoms in total. The van der Waals surface area contributed by atoms with Crippen LogP contribution in [-0.4, -0.2) is 28.7 Å². The summed E-state index contributed by atoms with van der Waals surface area (Å²) in [6.45, 7) is 9.06. The number of fused-ring (bicyclic) bond motifs is 1. The molecule has 18 heavy (non-hydrogen) atoms. The Morgan fingerprint density at radius 3 is 2.61 bits per heavy atom. The Balaban J connectivity index is 1.72. The summed E-state index contributed by atoms with van der Waals surface area (Å²) in [5, 5.41) is 0. The third-order valence-electron chi connectivity index (χ3n) is 6.60. The molecule has 3 saturated carbocycles. The molecule has 0 spiro atoms. The molecular weight excluding hydrogens is 226 g/mol. The average molecular weight is 249 g/mol. The number of carbonyl (C=O) groups excluding carboxylic acids is 1. The number of ether oxygens (including phenoxy) is 1. The molecule has 0 aromatic heterocycles. The molecule has 0 unspecified atom stereocenters. The van der Waals surface area contributed by atoms with E-state index in [1.165, 1.54) is 6.42 Å². The van der Waals surface area contributed by atoms with Gasteiger partial charge in [0.15, 0.2) is 0 Å². The fourth-order valence-electron chi connectivity index (χ4n) is 5.34. The molecule has 0 radical (unpaired) electrons. The van der Waals surface area contributed by atoms with Gasteiger partial charge in [0.2, 0.25) is 5.91 Å². The minimum Gasteiger partial charge on any atom is -0.350 e. The van der Waals surface area contributed by atoms with Crippen LogP contribution in [0.4, 0.5) is 0 Å². The Morgan fingerprint density at radius 2 is 1.94 bits per heavy atom. The molecule has 1 amide bonds. The number of hydrogen-bond acceptors (Lipinski definition) is 2. The van der Waals surface area contributed by atoms with Gasteiger partial charge >= 0.3 is 0 Å². The second-order valence-electron chi connectivity index (χ2n) is 7.70. The van der Waals surface area contributed by atoms with Crippen LogP contribution in [-0.2, 0) is 9.53 Å². The first kappa shape index (κ1) is 11.3. The van der Waals surface area contributed by atoms with Crippen LogP contribution in [0.5, 0.6) is 0 Å². The first-order valence-electron chi connectivity index (χ1n) is 7.35. The van der Waals surface area contributed by atoms with Crippen LogP contribution in [0.2, 0.25) is 0 Å². The van der Waals surface area contributed by atoms with E-state index in [-0.39, 0.29) is 17.7 Å². The third kappa shape index (κ3) is 1.01. The molecule has 0 aromatic carbocycles. The van der Waals surface area contributed by atoms with Crippen molar-refractivity contribution in [3.8, 4) is 0 Å². The van der Waals surface area contributed by atoms with Gasteiger partial charge in [-0.2, -0.15) is 0 Å². The topological polar surface area (TPSA) is 29.5 Å². The SMILES string of the molecule is C[C@@H]1C[C@H]2O[C@@]3(C)[C@H](C[C@H]4C[C@@H]3C4(C)C)N2C1=O. The minimum atomic E-state index is -0.0846. The third-order valence-corrected chi connectivity index (χ3v) is 6.60. The van der Waals surface area contributed by atoms with Crippen molar-refractivity contribution in [2.24, 2.45) is 23.2 Å². The Labute approximate surface area is 109 Å². The van der Waals surface area contributed by atoms with Gasteiger partial charge < -0.3 is 9.64 Å². The van der Waals surface area contributed by atoms with Crippen molar-refractivity contribution in [2.45, 2.75) is 64.8 Å². The predicted molar refractivity (Wildman–Crippen MR) is 67.7 cm³/mol. The van der Waals surface area contributed by atoms with Crippen molar-refractivity contribution in [1.29, 1.82) is 0 Å². The van der Waals surface area contributed by atoms with Crippen LogP contribution in [0.15, 0.2) is 0 Å². The lowest BCUT2D eigenvalue weighted by Crippen LogP contribution is -2.67. The maximum Gasteiger partial charge on any atom is 0.227 e. The summed E-state index contributed by atoms with van der Waals surface area (Å²) in [7, 11) is 0. The fourth-order valence-corrected chi connectivity index (χ4v) is 5.34. The molecule has 6 atom stereocenters. The van der Waals surface area contributed by atoms with Crippen molar-refractivity contribution in [3.63, 3.8) is 0 Å². The number of nitrogens with zero attached hydrogens (tertiary/aromatic N) is 1. The van der Waals surface area contributed by atoms with Gasteiger partial charge in [-0.05, 0) is 37.0 Å². The molecule has 2 bridgehead atoms. The molecule has 5 fully saturated rings. The van der Waals surface area contributed by atoms with E-state index in [0.29, 0.717) is 23.3 Å². The van der Waals surface area contributed by atoms with Gasteiger partial charge in [0.25, 0.3) is 0 Å². The lowest BCUT2D eigenvalue weighted by Gasteiger charge is -2.65. The summed E-state index contributed by atoms with van der Waals surface area (Å²) < 4.78 is 6.41. The standard InChI is InChI=1S/C15H23NO2/c1-8-5-12-16(13(8)17)11-7-9-6-10(14(9,2)3)15(11,4)18-12/h8-12H,5-7H2,1-4H3/t8-,9-,10-,11+,12-,15-/m1/s1. The minimum absolute atomic E-state index is 0.0673. The van der Waals surface area contributed by atoms with Gasteiger partial charge in [0.1, 0.15) is 6.23 Å². The van der Waals surface area contributed by atoms with E-state index in [1.807, 2.05) is 6.92 Å². The highest BCUT2D eigenvalue weighted by molar-refractivity contribution is 5.81. The summed E-state index contributed by atoms with van der Waals surface area (Å²) in [5.41, 5.74) is 0.318. The first-order chi connectivity index (χ1) is 8.35. The van der Waals surface area contributed by atoms with Gasteiger partial charge in [0, 0.05) is 12.3 Å². The molecule has 2 saturated heterocycles. The maximum atomic E-state index is 12.3. The van der Waals surface area contributed by atoms with Gasteiger partial charge in [-0.15, -0.1) is 0 Å². The zero-order valence-electron chi connectivity index (χ0n) is 11.8. The zero-order chi connectivity index (χ0) is 12.9. The van der Waals surface area contributed by atoms with Crippen LogP contribution in [0.25, 0.3) is 0 Å². The van der Waals surface area contributed by atoms with Gasteiger partial charge in [-0.25, -0.2) is 0 Å². The summed E-state index contributed by atoms with van der Waals surface area (Å²) in [6, 6.07) is 0.344. The van der Waals surface area contributed by atoms with Gasteiger partial charge in [-0.1, -0.05) is 20.8 Å². The molecule has 3 aliphatic carbocycles. The molecule has 2 heterocycles. The molecule has 0 N–H and O–H groups in total. The highest BCUT2D eigenvalue weighted by Gasteiger charge is 2.70. The Bertz CT molecular complexity index is 432. The molecule has 100 valence electrons. The van der Waals surface area contributed by atoms with Crippen LogP contribution >= 0.6 is 0 Å². The highest BCUT2D eigenvalue weighted by atomic mass is 16.5. The first-order valence-corrected chi connectivity index (χ1v) is 7.35. The van der Waals surface area contributed by atoms with Crippen LogP contribution in [0, 0.1) is 23.2 Å². The zero-order valence-corrected chi connectivity index (χ0v) is 11.8. The van der Waals surface area contributed by atoms with Crippen LogP contribution < -0.4 is 0 Å². The van der Waals surface area contributed by atoms with E-state index in [2.05, 4.69) is 25.7 Å². The monoisotopic (exact) mass is 249 g/mol. The van der Waals surface area contributed by atoms with E-state index in [9.17, 15) is 4.79 Å². The van der Waals surface area contributed by atoms with Gasteiger partial charge in [0.05, 0.1) is 11.6 Å². The summed E-state index contributed by atoms with van der Waals surface area (Å²) in [5.74, 6) is 1.90. The van der Waals surface area contributed by atoms with Crippen LogP contribution in [0.3, 0.4) is 0 Å². The number of hydrogen-bond donors (Lipinski definition) is 0. The molecule has 0 aromatic rings. The molecule has 5 aliphatic rings. The second-order valence-corrected chi connectivity index (χ2v) is 7.70. The van der Waals surface area contributed by atoms with Crippen LogP contribution in [0.1, 0.15) is 47.0 Å². The largest absolute Gasteiger partial charge is 0.350 e. The molecule has 3 heteroatoms. The van der Waals surface area contributed by atoms with E-state index in [0.717, 1.165) is 18.8 Å². The Hall–Kier alpha value is -0.570. The van der Waals surface area contributed by atoms with E-state index in [4.69, 9.17) is 4.74 Å². The van der Waals surface area contributed by atoms with E-state index < -0.39 is 0 Å². The summed E-state index contributed by atoms with van der Waals surface area (Å²) in [4.78, 5) is 14.4. The van der Waals surface area contributed by atoms with Crippen molar-refractivity contribution < 1.29 is 9.53 Å². The van der Waals surface area contributed by atoms with Gasteiger partial charge in [-0.3, -0.25) is 4.79 Å². The Kier molecular flexibility index (Phi) is 1.85. The molecule has 5 rings (SSSR count). The quantitative estimate of drug-likeness (QED) is 0.660.